The normalized spacial score (nSPS) is 29.9. The number of allylic oxidation sites excluding steroid dienone is 1. The molecule has 294 valence electrons. The number of carbonyl (C=O) groups is 4. The largest absolute Gasteiger partial charge is 0.471 e. The molecule has 2 unspecified atom stereocenters. The lowest BCUT2D eigenvalue weighted by Crippen LogP contribution is -2.60. The Kier molecular flexibility index (Phi) is 10.9. The Morgan fingerprint density at radius 3 is 2.43 bits per heavy atom. The Labute approximate surface area is 316 Å². The van der Waals surface area contributed by atoms with Gasteiger partial charge in [-0.05, 0) is 90.2 Å². The molecule has 2 aliphatic heterocycles. The van der Waals surface area contributed by atoms with Gasteiger partial charge in [-0.3, -0.25) is 23.9 Å². The van der Waals surface area contributed by atoms with E-state index in [1.54, 1.807) is 31.2 Å². The molecule has 0 bridgehead atoms. The Morgan fingerprint density at radius 1 is 1.06 bits per heavy atom. The topological polar surface area (TPSA) is 198 Å². The third kappa shape index (κ3) is 8.42. The van der Waals surface area contributed by atoms with Gasteiger partial charge < -0.3 is 25.6 Å². The number of aromatic nitrogens is 2. The number of sulfonamides is 1. The highest BCUT2D eigenvalue weighted by atomic mass is 32.2. The smallest absolute Gasteiger partial charge is 0.315 e. The Balaban J connectivity index is 1.37. The second-order valence-electron chi connectivity index (χ2n) is 16.6. The van der Waals surface area contributed by atoms with Crippen LogP contribution in [0.3, 0.4) is 0 Å². The molecule has 54 heavy (non-hydrogen) atoms. The Hall–Kier alpha value is -4.47. The number of ether oxygens (including phenoxy) is 1. The molecule has 5 amide bonds. The van der Waals surface area contributed by atoms with Crippen LogP contribution in [0.4, 0.5) is 4.79 Å². The van der Waals surface area contributed by atoms with E-state index in [0.29, 0.717) is 36.5 Å². The highest BCUT2D eigenvalue weighted by molar-refractivity contribution is 7.91. The predicted octanol–water partition coefficient (Wildman–Crippen LogP) is 2.73. The van der Waals surface area contributed by atoms with Crippen LogP contribution >= 0.6 is 0 Å². The number of hydrogen-bond acceptors (Lipinski definition) is 9. The minimum atomic E-state index is -3.91. The van der Waals surface area contributed by atoms with E-state index in [4.69, 9.17) is 4.74 Å². The standard InChI is InChI=1S/C38H53N7O8S/c1-7-45-33(47)28-15-11-10-14-27(28)32(42-45)53-25-19-29-31(46)40-38(35(49)43-54(51,52)26-16-17-26)20-24(38)13-9-8-12-22(2)18-23(3)30(34(48)44(29)21-25)39-36(50)41-37(4,5)6/h9-11,13-15,22-26,29-30H,7-8,12,16-21H2,1-6H3,(H,40,46)(H,43,49)(H2,39,41,50)/b13-9-/t22-,23+,24?,25+,29-,30-,38?/m0/s1. The summed E-state index contributed by atoms with van der Waals surface area (Å²) in [7, 11) is -3.91. The molecule has 2 aliphatic carbocycles. The zero-order chi connectivity index (χ0) is 39.2. The predicted molar refractivity (Wildman–Crippen MR) is 202 cm³/mol. The van der Waals surface area contributed by atoms with Gasteiger partial charge in [0.25, 0.3) is 11.5 Å². The van der Waals surface area contributed by atoms with Crippen LogP contribution in [0.2, 0.25) is 0 Å². The van der Waals surface area contributed by atoms with E-state index in [2.05, 4.69) is 32.7 Å². The molecule has 2 aromatic rings. The molecule has 7 atom stereocenters. The third-order valence-corrected chi connectivity index (χ3v) is 12.6. The first-order chi connectivity index (χ1) is 25.4. The molecule has 1 aromatic carbocycles. The lowest BCUT2D eigenvalue weighted by atomic mass is 9.88. The van der Waals surface area contributed by atoms with Crippen molar-refractivity contribution >= 4 is 44.5 Å². The van der Waals surface area contributed by atoms with Crippen LogP contribution in [0.25, 0.3) is 10.8 Å². The molecule has 1 saturated heterocycles. The molecule has 16 heteroatoms. The number of rotatable bonds is 7. The zero-order valence-corrected chi connectivity index (χ0v) is 32.7. The van der Waals surface area contributed by atoms with Crippen LogP contribution in [-0.4, -0.2) is 87.9 Å². The molecule has 4 N–H and O–H groups in total. The van der Waals surface area contributed by atoms with E-state index in [9.17, 15) is 32.4 Å². The van der Waals surface area contributed by atoms with Crippen molar-refractivity contribution in [3.8, 4) is 5.88 Å². The molecule has 0 radical (unpaired) electrons. The summed E-state index contributed by atoms with van der Waals surface area (Å²) in [6.07, 6.45) is 6.23. The van der Waals surface area contributed by atoms with Crippen LogP contribution in [0, 0.1) is 17.8 Å². The fourth-order valence-corrected chi connectivity index (χ4v) is 9.04. The molecule has 0 spiro atoms. The van der Waals surface area contributed by atoms with Gasteiger partial charge in [-0.1, -0.05) is 38.1 Å². The first kappa shape index (κ1) is 39.2. The van der Waals surface area contributed by atoms with E-state index in [-0.39, 0.29) is 49.2 Å². The molecule has 3 fully saturated rings. The summed E-state index contributed by atoms with van der Waals surface area (Å²) in [5, 5.41) is 13.4. The second kappa shape index (κ2) is 15.0. The number of carbonyl (C=O) groups excluding carboxylic acids is 4. The van der Waals surface area contributed by atoms with Crippen molar-refractivity contribution in [2.45, 2.75) is 128 Å². The lowest BCUT2D eigenvalue weighted by Gasteiger charge is -2.33. The number of nitrogens with one attached hydrogen (secondary N) is 4. The average Bonchev–Trinajstić information content (AvgIpc) is 4.02. The first-order valence-electron chi connectivity index (χ1n) is 19.0. The summed E-state index contributed by atoms with van der Waals surface area (Å²) in [5.74, 6) is -2.38. The summed E-state index contributed by atoms with van der Waals surface area (Å²) in [6, 6.07) is 4.23. The van der Waals surface area contributed by atoms with Crippen molar-refractivity contribution in [1.82, 2.24) is 35.4 Å². The van der Waals surface area contributed by atoms with Gasteiger partial charge in [0.15, 0.2) is 0 Å². The van der Waals surface area contributed by atoms with Gasteiger partial charge in [0, 0.05) is 24.4 Å². The number of fused-ring (bicyclic) bond motifs is 3. The van der Waals surface area contributed by atoms with E-state index >= 15 is 0 Å². The molecule has 2 saturated carbocycles. The summed E-state index contributed by atoms with van der Waals surface area (Å²) in [5.41, 5.74) is -2.39. The zero-order valence-electron chi connectivity index (χ0n) is 31.9. The van der Waals surface area contributed by atoms with E-state index in [0.717, 1.165) is 6.42 Å². The van der Waals surface area contributed by atoms with Crippen molar-refractivity contribution in [1.29, 1.82) is 0 Å². The van der Waals surface area contributed by atoms with Crippen LogP contribution in [0.15, 0.2) is 41.2 Å². The molecule has 4 aliphatic rings. The van der Waals surface area contributed by atoms with Gasteiger partial charge in [0.1, 0.15) is 23.7 Å². The molecule has 1 aromatic heterocycles. The molecule has 6 rings (SSSR count). The van der Waals surface area contributed by atoms with E-state index in [1.807, 2.05) is 39.8 Å². The minimum Gasteiger partial charge on any atom is -0.471 e. The van der Waals surface area contributed by atoms with Crippen molar-refractivity contribution in [3.05, 3.63) is 46.8 Å². The van der Waals surface area contributed by atoms with Crippen molar-refractivity contribution in [3.63, 3.8) is 0 Å². The van der Waals surface area contributed by atoms with Crippen LogP contribution in [0.5, 0.6) is 5.88 Å². The second-order valence-corrected chi connectivity index (χ2v) is 18.5. The summed E-state index contributed by atoms with van der Waals surface area (Å²) in [6.45, 7) is 11.5. The molecule has 15 nitrogen and oxygen atoms in total. The maximum atomic E-state index is 14.8. The van der Waals surface area contributed by atoms with Crippen molar-refractivity contribution in [2.24, 2.45) is 17.8 Å². The average molecular weight is 768 g/mol. The van der Waals surface area contributed by atoms with Gasteiger partial charge in [-0.25, -0.2) is 17.9 Å². The summed E-state index contributed by atoms with van der Waals surface area (Å²) >= 11 is 0. The molecular formula is C38H53N7O8S. The first-order valence-corrected chi connectivity index (χ1v) is 20.6. The van der Waals surface area contributed by atoms with Crippen LogP contribution < -0.4 is 31.0 Å². The van der Waals surface area contributed by atoms with Crippen LogP contribution in [0.1, 0.15) is 86.5 Å². The lowest BCUT2D eigenvalue weighted by molar-refractivity contribution is -0.142. The number of urea groups is 1. The molecule has 3 heterocycles. The van der Waals surface area contributed by atoms with Crippen molar-refractivity contribution in [2.75, 3.05) is 6.54 Å². The third-order valence-electron chi connectivity index (χ3n) is 10.8. The fourth-order valence-electron chi connectivity index (χ4n) is 7.68. The Bertz CT molecular complexity index is 2010. The quantitative estimate of drug-likeness (QED) is 0.306. The van der Waals surface area contributed by atoms with Gasteiger partial charge in [-0.2, -0.15) is 0 Å². The highest BCUT2D eigenvalue weighted by Gasteiger charge is 2.62. The number of hydrogen-bond donors (Lipinski definition) is 4. The SMILES string of the molecule is CCn1nc(O[C@@H]2C[C@H]3C(=O)NC4(C(=O)NS(=O)(=O)C5CC5)CC4/C=C\CC[C@H](C)C[C@@H](C)[C@H](NC(=O)NC(C)(C)C)C(=O)N3C2)c2ccccc2c1=O. The Morgan fingerprint density at radius 2 is 1.76 bits per heavy atom. The number of amides is 5. The van der Waals surface area contributed by atoms with Gasteiger partial charge in [0.05, 0.1) is 22.6 Å². The maximum absolute atomic E-state index is 14.8. The van der Waals surface area contributed by atoms with Crippen molar-refractivity contribution < 1.29 is 32.3 Å². The monoisotopic (exact) mass is 767 g/mol. The number of aryl methyl sites for hydroxylation is 1. The maximum Gasteiger partial charge on any atom is 0.315 e. The van der Waals surface area contributed by atoms with Gasteiger partial charge >= 0.3 is 6.03 Å². The van der Waals surface area contributed by atoms with Gasteiger partial charge in [-0.15, -0.1) is 5.10 Å². The van der Waals surface area contributed by atoms with E-state index < -0.39 is 74.2 Å². The summed E-state index contributed by atoms with van der Waals surface area (Å²) in [4.78, 5) is 70.7. The van der Waals surface area contributed by atoms with E-state index in [1.165, 1.54) is 9.58 Å². The minimum absolute atomic E-state index is 0.00308. The number of benzene rings is 1. The fraction of sp³-hybridized carbons (Fsp3) is 0.632. The van der Waals surface area contributed by atoms with Gasteiger partial charge in [0.2, 0.25) is 27.7 Å². The van der Waals surface area contributed by atoms with Crippen LogP contribution in [-0.2, 0) is 31.0 Å². The summed E-state index contributed by atoms with van der Waals surface area (Å²) < 4.78 is 35.7. The molecular weight excluding hydrogens is 715 g/mol. The highest BCUT2D eigenvalue weighted by Crippen LogP contribution is 2.46. The number of nitrogens with zero attached hydrogens (tertiary/aromatic N) is 3.